The predicted octanol–water partition coefficient (Wildman–Crippen LogP) is 5.86. The summed E-state index contributed by atoms with van der Waals surface area (Å²) in [5.74, 6) is -2.64. The molecule has 0 radical (unpaired) electrons. The number of oxime groups is 1. The number of rotatable bonds is 19. The highest BCUT2D eigenvalue weighted by Gasteiger charge is 2.50. The first kappa shape index (κ1) is 47.9. The van der Waals surface area contributed by atoms with Gasteiger partial charge in [0.15, 0.2) is 34.4 Å². The van der Waals surface area contributed by atoms with Crippen LogP contribution < -0.4 is 36.3 Å². The molecule has 0 bridgehead atoms. The summed E-state index contributed by atoms with van der Waals surface area (Å²) < 4.78 is 18.1. The first-order valence-electron chi connectivity index (χ1n) is 21.6. The number of hydrogen-bond acceptors (Lipinski definition) is 15. The van der Waals surface area contributed by atoms with E-state index in [4.69, 9.17) is 23.9 Å². The number of carbonyl (C=O) groups is 4. The Morgan fingerprint density at radius 3 is 2.18 bits per heavy atom. The molecule has 1 saturated heterocycles. The Hall–Kier alpha value is -8.05. The van der Waals surface area contributed by atoms with Crippen LogP contribution in [0.25, 0.3) is 0 Å². The van der Waals surface area contributed by atoms with Crippen LogP contribution in [0.5, 0.6) is 5.75 Å². The second-order valence-electron chi connectivity index (χ2n) is 16.8. The number of anilines is 2. The van der Waals surface area contributed by atoms with E-state index in [2.05, 4.69) is 36.4 Å². The minimum absolute atomic E-state index is 0.00595. The van der Waals surface area contributed by atoms with Gasteiger partial charge < -0.3 is 34.5 Å². The van der Waals surface area contributed by atoms with Crippen molar-refractivity contribution in [3.8, 4) is 11.9 Å². The number of amides is 2. The number of nitrogens with zero attached hydrogens (tertiary/aromatic N) is 5. The minimum atomic E-state index is -1.46. The summed E-state index contributed by atoms with van der Waals surface area (Å²) in [7, 11) is 0. The molecular weight excluding hydrogens is 895 g/mol. The number of β-lactam (4-membered cyclic amide) rings is 1. The lowest BCUT2D eigenvalue weighted by molar-refractivity contribution is -0.187. The smallest absolute Gasteiger partial charge is 0.413 e. The maximum Gasteiger partial charge on any atom is 0.413 e. The molecule has 2 aromatic heterocycles. The molecule has 1 saturated carbocycles. The van der Waals surface area contributed by atoms with E-state index >= 15 is 0 Å². The number of aromatic nitrogens is 2. The van der Waals surface area contributed by atoms with Crippen molar-refractivity contribution in [3.63, 3.8) is 0 Å². The number of ketones is 1. The second kappa shape index (κ2) is 22.0. The lowest BCUT2D eigenvalue weighted by Gasteiger charge is -2.36. The number of benzene rings is 3. The summed E-state index contributed by atoms with van der Waals surface area (Å²) in [4.78, 5) is 87.4. The molecule has 68 heavy (non-hydrogen) atoms. The number of Topliss-reactive ketones (excluding diaryl/α,β-unsaturated/α-hetero) is 1. The predicted molar refractivity (Wildman–Crippen MR) is 250 cm³/mol. The van der Waals surface area contributed by atoms with Crippen molar-refractivity contribution in [1.82, 2.24) is 20.3 Å². The molecule has 19 nitrogen and oxygen atoms in total. The maximum atomic E-state index is 14.2. The van der Waals surface area contributed by atoms with Crippen LogP contribution in [0.1, 0.15) is 68.8 Å². The van der Waals surface area contributed by atoms with Crippen LogP contribution in [0.2, 0.25) is 0 Å². The molecule has 0 spiro atoms. The van der Waals surface area contributed by atoms with E-state index < -0.39 is 52.3 Å². The summed E-state index contributed by atoms with van der Waals surface area (Å²) in [5, 5.41) is 26.2. The van der Waals surface area contributed by atoms with Gasteiger partial charge in [0, 0.05) is 30.7 Å². The van der Waals surface area contributed by atoms with Crippen molar-refractivity contribution in [2.24, 2.45) is 16.1 Å². The van der Waals surface area contributed by atoms with Gasteiger partial charge in [0.25, 0.3) is 0 Å². The van der Waals surface area contributed by atoms with E-state index in [-0.39, 0.29) is 79.7 Å². The molecule has 20 heteroatoms. The Labute approximate surface area is 395 Å². The van der Waals surface area contributed by atoms with Crippen LogP contribution in [0.15, 0.2) is 124 Å². The third-order valence-corrected chi connectivity index (χ3v) is 11.3. The molecule has 2 amide bonds. The number of nitriles is 1. The quantitative estimate of drug-likeness (QED) is 0.0144. The van der Waals surface area contributed by atoms with Crippen LogP contribution >= 0.6 is 11.3 Å². The average molecular weight is 944 g/mol. The fraction of sp³-hybridized carbons (Fsp3) is 0.312. The SMILES string of the molecule is CC(C)(C)OC(=O)Nc1nc(/C(=N/OC2(C(=O)OCc3ccccc3)CCC2)C(=O)C[C@@H]2C(=O)N[C@@H]2CN=C(NC#N)Nc2cc(=O)c(OCc3ccccc3)cn2OCc2ccccc2)cs1. The summed E-state index contributed by atoms with van der Waals surface area (Å²) >= 11 is 0.999. The molecule has 3 aromatic carbocycles. The molecule has 1 aliphatic heterocycles. The average Bonchev–Trinajstić information content (AvgIpc) is 3.76. The molecule has 5 aromatic rings. The van der Waals surface area contributed by atoms with Gasteiger partial charge in [-0.3, -0.25) is 25.0 Å². The molecule has 0 unspecified atom stereocenters. The maximum absolute atomic E-state index is 14.2. The summed E-state index contributed by atoms with van der Waals surface area (Å²) in [5.41, 5.74) is -0.531. The summed E-state index contributed by atoms with van der Waals surface area (Å²) in [6, 6.07) is 28.3. The van der Waals surface area contributed by atoms with Gasteiger partial charge in [-0.15, -0.1) is 11.3 Å². The fourth-order valence-electron chi connectivity index (χ4n) is 6.80. The zero-order valence-corrected chi connectivity index (χ0v) is 38.2. The van der Waals surface area contributed by atoms with Crippen molar-refractivity contribution in [2.75, 3.05) is 17.2 Å². The zero-order chi connectivity index (χ0) is 48.1. The molecule has 1 aliphatic carbocycles. The van der Waals surface area contributed by atoms with Gasteiger partial charge in [-0.25, -0.2) is 19.6 Å². The van der Waals surface area contributed by atoms with Gasteiger partial charge in [-0.2, -0.15) is 9.99 Å². The van der Waals surface area contributed by atoms with Gasteiger partial charge in [-0.1, -0.05) is 96.2 Å². The van der Waals surface area contributed by atoms with Crippen molar-refractivity contribution < 1.29 is 43.1 Å². The number of esters is 1. The van der Waals surface area contributed by atoms with Gasteiger partial charge in [0.05, 0.1) is 24.7 Å². The Balaban J connectivity index is 1.08. The van der Waals surface area contributed by atoms with Crippen LogP contribution in [0.4, 0.5) is 15.7 Å². The number of hydrogen-bond donors (Lipinski definition) is 4. The molecule has 2 fully saturated rings. The number of nitrogens with one attached hydrogen (secondary N) is 4. The van der Waals surface area contributed by atoms with E-state index in [1.54, 1.807) is 20.8 Å². The van der Waals surface area contributed by atoms with E-state index in [0.717, 1.165) is 28.0 Å². The first-order valence-corrected chi connectivity index (χ1v) is 22.5. The Morgan fingerprint density at radius 2 is 1.57 bits per heavy atom. The number of pyridine rings is 1. The highest BCUT2D eigenvalue weighted by atomic mass is 32.1. The number of ether oxygens (including phenoxy) is 3. The Kier molecular flexibility index (Phi) is 15.5. The van der Waals surface area contributed by atoms with Gasteiger partial charge in [0.2, 0.25) is 22.9 Å². The Morgan fingerprint density at radius 1 is 0.926 bits per heavy atom. The van der Waals surface area contributed by atoms with E-state index in [9.17, 15) is 29.2 Å². The van der Waals surface area contributed by atoms with Crippen LogP contribution in [0.3, 0.4) is 0 Å². The minimum Gasteiger partial charge on any atom is -0.483 e. The molecule has 2 atom stereocenters. The molecule has 2 aliphatic rings. The van der Waals surface area contributed by atoms with Crippen molar-refractivity contribution >= 4 is 57.7 Å². The Bertz CT molecular complexity index is 2750. The zero-order valence-electron chi connectivity index (χ0n) is 37.4. The van der Waals surface area contributed by atoms with Crippen molar-refractivity contribution in [3.05, 3.63) is 141 Å². The number of aliphatic imine (C=N–C) groups is 1. The largest absolute Gasteiger partial charge is 0.483 e. The molecule has 7 rings (SSSR count). The van der Waals surface area contributed by atoms with Crippen LogP contribution in [0, 0.1) is 17.4 Å². The lowest BCUT2D eigenvalue weighted by Crippen LogP contribution is -2.60. The highest BCUT2D eigenvalue weighted by molar-refractivity contribution is 7.14. The van der Waals surface area contributed by atoms with Crippen LogP contribution in [-0.4, -0.2) is 68.9 Å². The van der Waals surface area contributed by atoms with Crippen molar-refractivity contribution in [2.45, 2.75) is 83.5 Å². The second-order valence-corrected chi connectivity index (χ2v) is 17.6. The summed E-state index contributed by atoms with van der Waals surface area (Å²) in [6.45, 7) is 5.24. The van der Waals surface area contributed by atoms with Gasteiger partial charge in [-0.05, 0) is 43.9 Å². The van der Waals surface area contributed by atoms with Gasteiger partial charge in [0.1, 0.15) is 31.1 Å². The number of carbonyl (C=O) groups excluding carboxylic acids is 4. The topological polar surface area (TPSA) is 246 Å². The van der Waals surface area contributed by atoms with Crippen molar-refractivity contribution in [1.29, 1.82) is 5.26 Å². The third kappa shape index (κ3) is 12.8. The van der Waals surface area contributed by atoms with Gasteiger partial charge >= 0.3 is 12.1 Å². The van der Waals surface area contributed by atoms with E-state index in [1.165, 1.54) is 22.4 Å². The molecule has 3 heterocycles. The summed E-state index contributed by atoms with van der Waals surface area (Å²) in [6.07, 6.45) is 3.28. The lowest BCUT2D eigenvalue weighted by atomic mass is 9.80. The fourth-order valence-corrected chi connectivity index (χ4v) is 7.48. The standard InChI is InChI=1S/C48H49N9O10S/c1-47(2,3)66-46(62)55-45-53-36(29-68-45)41(56-67-48(20-13-21-48)43(61)64-27-32-16-9-5-10-17-32)38(59)22-34-35(52-42(34)60)24-50-44(51-30-49)54-40-23-37(58)39(63-26-31-14-7-4-8-15-31)25-57(40)65-28-33-18-11-6-12-19-33/h4-12,14-19,23,25,29,34-35H,13,20-22,24,26-28H2,1-3H3,(H,52,60)(H2,50,51,54)(H,53,55,62)/b56-41-/t34-,35+/m0/s1. The van der Waals surface area contributed by atoms with E-state index in [0.29, 0.717) is 6.42 Å². The molecule has 4 N–H and O–H groups in total. The first-order chi connectivity index (χ1) is 32.8. The third-order valence-electron chi connectivity index (χ3n) is 10.5. The monoisotopic (exact) mass is 943 g/mol. The highest BCUT2D eigenvalue weighted by Crippen LogP contribution is 2.38. The number of guanidine groups is 1. The molecular formula is C48H49N9O10S. The molecule has 352 valence electrons. The normalized spacial score (nSPS) is 16.4. The van der Waals surface area contributed by atoms with E-state index in [1.807, 2.05) is 97.2 Å². The number of thiazole rings is 1. The van der Waals surface area contributed by atoms with Crippen LogP contribution in [-0.2, 0) is 48.5 Å².